The highest BCUT2D eigenvalue weighted by molar-refractivity contribution is 7.99. The third-order valence-corrected chi connectivity index (χ3v) is 5.83. The topological polar surface area (TPSA) is 71.5 Å². The summed E-state index contributed by atoms with van der Waals surface area (Å²) >= 11 is 2.87. The van der Waals surface area contributed by atoms with E-state index in [2.05, 4.69) is 27.1 Å². The predicted molar refractivity (Wildman–Crippen MR) is 97.9 cm³/mol. The van der Waals surface area contributed by atoms with Crippen LogP contribution in [0.2, 0.25) is 0 Å². The number of para-hydroxylation sites is 1. The fourth-order valence-corrected chi connectivity index (χ4v) is 4.13. The van der Waals surface area contributed by atoms with Gasteiger partial charge in [0.15, 0.2) is 11.4 Å². The van der Waals surface area contributed by atoms with Gasteiger partial charge in [-0.05, 0) is 24.6 Å². The molecule has 0 unspecified atom stereocenters. The Balaban J connectivity index is 1.54. The van der Waals surface area contributed by atoms with Crippen molar-refractivity contribution in [1.82, 2.24) is 20.2 Å². The zero-order chi connectivity index (χ0) is 16.5. The van der Waals surface area contributed by atoms with E-state index in [1.54, 1.807) is 11.3 Å². The van der Waals surface area contributed by atoms with Crippen LogP contribution in [0.3, 0.4) is 0 Å². The molecule has 0 bridgehead atoms. The molecule has 0 spiro atoms. The van der Waals surface area contributed by atoms with E-state index in [9.17, 15) is 4.79 Å². The Morgan fingerprint density at radius 2 is 2.08 bits per heavy atom. The molecule has 0 saturated heterocycles. The van der Waals surface area contributed by atoms with Gasteiger partial charge in [0.1, 0.15) is 5.52 Å². The highest BCUT2D eigenvalue weighted by Gasteiger charge is 2.13. The quantitative estimate of drug-likeness (QED) is 0.431. The molecular weight excluding hydrogens is 340 g/mol. The van der Waals surface area contributed by atoms with Crippen molar-refractivity contribution in [3.05, 3.63) is 46.2 Å². The number of benzene rings is 1. The Morgan fingerprint density at radius 1 is 1.21 bits per heavy atom. The highest BCUT2D eigenvalue weighted by Crippen LogP contribution is 2.24. The average molecular weight is 354 g/mol. The molecule has 5 nitrogen and oxygen atoms in total. The van der Waals surface area contributed by atoms with Gasteiger partial charge in [0.25, 0.3) is 0 Å². The molecule has 0 aliphatic carbocycles. The molecule has 7 heteroatoms. The van der Waals surface area contributed by atoms with Gasteiger partial charge in [0.2, 0.25) is 5.16 Å². The lowest BCUT2D eigenvalue weighted by Gasteiger charge is -1.98. The number of aryl methyl sites for hydroxylation is 1. The lowest BCUT2D eigenvalue weighted by Crippen LogP contribution is -2.01. The van der Waals surface area contributed by atoms with Crippen LogP contribution in [0.4, 0.5) is 0 Å². The van der Waals surface area contributed by atoms with Crippen LogP contribution in [-0.2, 0) is 6.42 Å². The third kappa shape index (κ3) is 2.81. The molecule has 0 aliphatic rings. The number of hydrogen-bond acceptors (Lipinski definition) is 6. The maximum atomic E-state index is 12.3. The molecule has 0 amide bonds. The van der Waals surface area contributed by atoms with Gasteiger partial charge in [-0.15, -0.1) is 21.5 Å². The maximum Gasteiger partial charge on any atom is 0.211 e. The Bertz CT molecular complexity index is 1040. The van der Waals surface area contributed by atoms with E-state index < -0.39 is 0 Å². The molecule has 0 fully saturated rings. The van der Waals surface area contributed by atoms with Crippen molar-refractivity contribution >= 4 is 50.9 Å². The molecule has 0 saturated carbocycles. The third-order valence-electron chi connectivity index (χ3n) is 3.72. The minimum Gasteiger partial charge on any atom is -0.338 e. The molecular formula is C17H14N4OS2. The van der Waals surface area contributed by atoms with Crippen LogP contribution in [0.15, 0.2) is 41.6 Å². The van der Waals surface area contributed by atoms with Crippen molar-refractivity contribution in [2.24, 2.45) is 0 Å². The van der Waals surface area contributed by atoms with E-state index in [4.69, 9.17) is 0 Å². The molecule has 120 valence electrons. The first-order chi connectivity index (χ1) is 11.7. The number of aromatic amines is 1. The van der Waals surface area contributed by atoms with E-state index in [-0.39, 0.29) is 5.78 Å². The second-order valence-corrected chi connectivity index (χ2v) is 7.40. The lowest BCUT2D eigenvalue weighted by molar-refractivity contribution is 0.102. The van der Waals surface area contributed by atoms with Gasteiger partial charge in [-0.2, -0.15) is 0 Å². The highest BCUT2D eigenvalue weighted by atomic mass is 32.2. The zero-order valence-electron chi connectivity index (χ0n) is 12.9. The minimum atomic E-state index is 0.102. The maximum absolute atomic E-state index is 12.3. The average Bonchev–Trinajstić information content (AvgIpc) is 3.23. The van der Waals surface area contributed by atoms with Gasteiger partial charge in [-0.25, -0.2) is 4.98 Å². The summed E-state index contributed by atoms with van der Waals surface area (Å²) in [5, 5.41) is 9.93. The Hall–Kier alpha value is -2.25. The van der Waals surface area contributed by atoms with Gasteiger partial charge in [-0.1, -0.05) is 36.9 Å². The number of aromatic nitrogens is 4. The molecule has 3 aromatic heterocycles. The molecule has 0 radical (unpaired) electrons. The van der Waals surface area contributed by atoms with Crippen molar-refractivity contribution in [1.29, 1.82) is 0 Å². The van der Waals surface area contributed by atoms with Crippen LogP contribution < -0.4 is 0 Å². The lowest BCUT2D eigenvalue weighted by atomic mass is 10.2. The number of rotatable bonds is 5. The van der Waals surface area contributed by atoms with Gasteiger partial charge >= 0.3 is 0 Å². The molecule has 0 atom stereocenters. The monoisotopic (exact) mass is 354 g/mol. The number of ketones is 1. The van der Waals surface area contributed by atoms with Crippen molar-refractivity contribution in [3.8, 4) is 0 Å². The van der Waals surface area contributed by atoms with Gasteiger partial charge in [0.05, 0.1) is 10.6 Å². The fraction of sp³-hybridized carbons (Fsp3) is 0.176. The van der Waals surface area contributed by atoms with Crippen molar-refractivity contribution in [2.45, 2.75) is 18.5 Å². The van der Waals surface area contributed by atoms with Gasteiger partial charge < -0.3 is 4.98 Å². The SMILES string of the molecule is CCc1ccc(C(=O)CSc2nnc3c(n2)[nH]c2ccccc23)s1. The van der Waals surface area contributed by atoms with Crippen LogP contribution in [0.1, 0.15) is 21.5 Å². The molecule has 1 aromatic carbocycles. The number of Topliss-reactive ketones (excluding diaryl/α,β-unsaturated/α-hetero) is 1. The summed E-state index contributed by atoms with van der Waals surface area (Å²) in [7, 11) is 0. The first-order valence-electron chi connectivity index (χ1n) is 7.60. The number of thioether (sulfide) groups is 1. The number of carbonyl (C=O) groups excluding carboxylic acids is 1. The molecule has 1 N–H and O–H groups in total. The van der Waals surface area contributed by atoms with E-state index in [1.807, 2.05) is 36.4 Å². The Morgan fingerprint density at radius 3 is 2.92 bits per heavy atom. The van der Waals surface area contributed by atoms with E-state index in [0.29, 0.717) is 16.6 Å². The Kier molecular flexibility index (Phi) is 4.03. The van der Waals surface area contributed by atoms with Crippen LogP contribution >= 0.6 is 23.1 Å². The number of thiophene rings is 1. The van der Waals surface area contributed by atoms with Crippen LogP contribution in [0, 0.1) is 0 Å². The van der Waals surface area contributed by atoms with Gasteiger partial charge in [-0.3, -0.25) is 4.79 Å². The van der Waals surface area contributed by atoms with Gasteiger partial charge in [0, 0.05) is 15.8 Å². The summed E-state index contributed by atoms with van der Waals surface area (Å²) in [6.07, 6.45) is 0.954. The number of H-pyrrole nitrogens is 1. The largest absolute Gasteiger partial charge is 0.338 e. The molecule has 4 rings (SSSR count). The number of hydrogen-bond donors (Lipinski definition) is 1. The van der Waals surface area contributed by atoms with Crippen LogP contribution in [0.25, 0.3) is 22.1 Å². The first-order valence-corrected chi connectivity index (χ1v) is 9.40. The fourth-order valence-electron chi connectivity index (χ4n) is 2.49. The van der Waals surface area contributed by atoms with Crippen LogP contribution in [0.5, 0.6) is 0 Å². The standard InChI is InChI=1S/C17H14N4OS2/c1-2-10-7-8-14(24-10)13(22)9-23-17-19-16-15(20-21-17)11-5-3-4-6-12(11)18-16/h3-8H,2,9H2,1H3,(H,18,19,21). The molecule has 4 aromatic rings. The minimum absolute atomic E-state index is 0.102. The van der Waals surface area contributed by atoms with Crippen LogP contribution in [-0.4, -0.2) is 31.7 Å². The zero-order valence-corrected chi connectivity index (χ0v) is 14.6. The Labute approximate surface area is 146 Å². The van der Waals surface area contributed by atoms with E-state index >= 15 is 0 Å². The second kappa shape index (κ2) is 6.33. The smallest absolute Gasteiger partial charge is 0.211 e. The number of nitrogens with zero attached hydrogens (tertiary/aromatic N) is 3. The normalized spacial score (nSPS) is 11.4. The summed E-state index contributed by atoms with van der Waals surface area (Å²) in [6.45, 7) is 2.09. The second-order valence-electron chi connectivity index (χ2n) is 5.29. The summed E-state index contributed by atoms with van der Waals surface area (Å²) < 4.78 is 0. The number of carbonyl (C=O) groups is 1. The summed E-state index contributed by atoms with van der Waals surface area (Å²) in [4.78, 5) is 22.0. The van der Waals surface area contributed by atoms with Crippen molar-refractivity contribution < 1.29 is 4.79 Å². The molecule has 3 heterocycles. The predicted octanol–water partition coefficient (Wildman–Crippen LogP) is 4.11. The summed E-state index contributed by atoms with van der Waals surface area (Å²) in [5.41, 5.74) is 2.44. The summed E-state index contributed by atoms with van der Waals surface area (Å²) in [6, 6.07) is 11.8. The van der Waals surface area contributed by atoms with E-state index in [1.165, 1.54) is 16.6 Å². The van der Waals surface area contributed by atoms with Crippen molar-refractivity contribution in [3.63, 3.8) is 0 Å². The molecule has 0 aliphatic heterocycles. The summed E-state index contributed by atoms with van der Waals surface area (Å²) in [5.74, 6) is 0.418. The number of fused-ring (bicyclic) bond motifs is 3. The van der Waals surface area contributed by atoms with Crippen molar-refractivity contribution in [2.75, 3.05) is 5.75 Å². The number of nitrogens with one attached hydrogen (secondary N) is 1. The van der Waals surface area contributed by atoms with E-state index in [0.717, 1.165) is 27.7 Å². The molecule has 24 heavy (non-hydrogen) atoms. The first kappa shape index (κ1) is 15.3.